The summed E-state index contributed by atoms with van der Waals surface area (Å²) in [7, 11) is 0. The summed E-state index contributed by atoms with van der Waals surface area (Å²) in [5.41, 5.74) is -0.930. The Morgan fingerprint density at radius 3 is 2.22 bits per heavy atom. The number of hydrogen-bond donors (Lipinski definition) is 3. The standard InChI is InChI=1S/C17H29F3N4O.C2H6/c1-4-6-7-9-22-16-23-14(17(18,19)20)12(3)15(24-16)21-10-8-13(5-2)11-25;1-2/h13,25H,4-11H2,1-3H3,(H2,21,22,23,24);1-2H3. The Bertz CT molecular complexity index is 520. The third-order valence-corrected chi connectivity index (χ3v) is 4.16. The predicted octanol–water partition coefficient (Wildman–Crippen LogP) is 5.25. The second-order valence-corrected chi connectivity index (χ2v) is 6.17. The Morgan fingerprint density at radius 1 is 1.04 bits per heavy atom. The molecular weight excluding hydrogens is 357 g/mol. The Balaban J connectivity index is 0.00000326. The lowest BCUT2D eigenvalue weighted by Gasteiger charge is -2.17. The van der Waals surface area contributed by atoms with E-state index in [1.807, 2.05) is 20.8 Å². The van der Waals surface area contributed by atoms with Crippen molar-refractivity contribution in [3.8, 4) is 0 Å². The van der Waals surface area contributed by atoms with Crippen LogP contribution in [0.1, 0.15) is 71.1 Å². The van der Waals surface area contributed by atoms with E-state index in [-0.39, 0.29) is 29.9 Å². The molecule has 0 aliphatic heterocycles. The molecule has 5 nitrogen and oxygen atoms in total. The summed E-state index contributed by atoms with van der Waals surface area (Å²) >= 11 is 0. The third-order valence-electron chi connectivity index (χ3n) is 4.16. The van der Waals surface area contributed by atoms with Crippen molar-refractivity contribution < 1.29 is 18.3 Å². The SMILES string of the molecule is CC.CCCCCNc1nc(NCCC(CC)CO)c(C)c(C(F)(F)F)n1. The smallest absolute Gasteiger partial charge is 0.396 e. The molecule has 1 aromatic rings. The molecule has 3 N–H and O–H groups in total. The molecule has 0 saturated carbocycles. The maximum absolute atomic E-state index is 13.2. The zero-order chi connectivity index (χ0) is 20.9. The molecule has 0 amide bonds. The lowest BCUT2D eigenvalue weighted by molar-refractivity contribution is -0.141. The van der Waals surface area contributed by atoms with E-state index in [2.05, 4.69) is 27.5 Å². The van der Waals surface area contributed by atoms with Crippen molar-refractivity contribution in [2.24, 2.45) is 5.92 Å². The molecule has 0 spiro atoms. The average molecular weight is 393 g/mol. The van der Waals surface area contributed by atoms with Gasteiger partial charge in [-0.05, 0) is 25.7 Å². The van der Waals surface area contributed by atoms with Crippen molar-refractivity contribution in [2.45, 2.75) is 72.9 Å². The first-order valence-corrected chi connectivity index (χ1v) is 9.87. The van der Waals surface area contributed by atoms with E-state index in [9.17, 15) is 18.3 Å². The van der Waals surface area contributed by atoms with E-state index < -0.39 is 11.9 Å². The summed E-state index contributed by atoms with van der Waals surface area (Å²) in [6, 6.07) is 0. The van der Waals surface area contributed by atoms with E-state index in [1.165, 1.54) is 6.92 Å². The predicted molar refractivity (Wildman–Crippen MR) is 105 cm³/mol. The van der Waals surface area contributed by atoms with Crippen molar-refractivity contribution >= 4 is 11.8 Å². The van der Waals surface area contributed by atoms with Crippen LogP contribution in [-0.2, 0) is 6.18 Å². The highest BCUT2D eigenvalue weighted by Crippen LogP contribution is 2.33. The molecule has 27 heavy (non-hydrogen) atoms. The van der Waals surface area contributed by atoms with E-state index in [4.69, 9.17) is 0 Å². The van der Waals surface area contributed by atoms with Crippen molar-refractivity contribution in [1.82, 2.24) is 9.97 Å². The van der Waals surface area contributed by atoms with Gasteiger partial charge in [-0.25, -0.2) is 4.98 Å². The average Bonchev–Trinajstić information content (AvgIpc) is 2.65. The first-order chi connectivity index (χ1) is 12.8. The lowest BCUT2D eigenvalue weighted by atomic mass is 10.0. The molecule has 1 atom stereocenters. The summed E-state index contributed by atoms with van der Waals surface area (Å²) < 4.78 is 39.7. The lowest BCUT2D eigenvalue weighted by Crippen LogP contribution is -2.19. The number of aliphatic hydroxyl groups excluding tert-OH is 1. The molecule has 0 saturated heterocycles. The van der Waals surface area contributed by atoms with E-state index in [0.717, 1.165) is 25.7 Å². The molecule has 0 radical (unpaired) electrons. The molecule has 1 unspecified atom stereocenters. The van der Waals surface area contributed by atoms with Crippen LogP contribution in [0, 0.1) is 12.8 Å². The van der Waals surface area contributed by atoms with Crippen LogP contribution >= 0.6 is 0 Å². The van der Waals surface area contributed by atoms with Gasteiger partial charge in [-0.1, -0.05) is 47.0 Å². The molecule has 1 rings (SSSR count). The minimum Gasteiger partial charge on any atom is -0.396 e. The van der Waals surface area contributed by atoms with Gasteiger partial charge in [-0.3, -0.25) is 0 Å². The van der Waals surface area contributed by atoms with Gasteiger partial charge in [0.15, 0.2) is 5.69 Å². The zero-order valence-electron chi connectivity index (χ0n) is 17.2. The maximum atomic E-state index is 13.2. The molecule has 0 aliphatic rings. The quantitative estimate of drug-likeness (QED) is 0.449. The van der Waals surface area contributed by atoms with E-state index in [1.54, 1.807) is 0 Å². The number of nitrogens with zero attached hydrogens (tertiary/aromatic N) is 2. The molecule has 0 aliphatic carbocycles. The number of anilines is 2. The fourth-order valence-electron chi connectivity index (χ4n) is 2.44. The van der Waals surface area contributed by atoms with Gasteiger partial charge in [-0.15, -0.1) is 0 Å². The van der Waals surface area contributed by atoms with Gasteiger partial charge in [0.05, 0.1) is 0 Å². The number of hydrogen-bond acceptors (Lipinski definition) is 5. The number of halogens is 3. The van der Waals surface area contributed by atoms with E-state index in [0.29, 0.717) is 19.5 Å². The molecule has 0 aromatic carbocycles. The summed E-state index contributed by atoms with van der Waals surface area (Å²) in [5, 5.41) is 15.0. The summed E-state index contributed by atoms with van der Waals surface area (Å²) in [4.78, 5) is 7.85. The summed E-state index contributed by atoms with van der Waals surface area (Å²) in [6.07, 6.45) is -0.168. The number of rotatable bonds is 11. The van der Waals surface area contributed by atoms with Gasteiger partial charge < -0.3 is 15.7 Å². The van der Waals surface area contributed by atoms with Crippen LogP contribution in [0.2, 0.25) is 0 Å². The number of alkyl halides is 3. The zero-order valence-corrected chi connectivity index (χ0v) is 17.2. The van der Waals surface area contributed by atoms with Crippen molar-refractivity contribution in [1.29, 1.82) is 0 Å². The Morgan fingerprint density at radius 2 is 1.70 bits per heavy atom. The molecule has 1 aromatic heterocycles. The van der Waals surface area contributed by atoms with Crippen molar-refractivity contribution in [3.63, 3.8) is 0 Å². The van der Waals surface area contributed by atoms with Crippen LogP contribution in [0.3, 0.4) is 0 Å². The van der Waals surface area contributed by atoms with Crippen molar-refractivity contribution in [3.05, 3.63) is 11.3 Å². The minimum absolute atomic E-state index is 0.00859. The van der Waals surface area contributed by atoms with Crippen LogP contribution in [-0.4, -0.2) is 34.8 Å². The summed E-state index contributed by atoms with van der Waals surface area (Å²) in [6.45, 7) is 10.5. The number of nitrogens with one attached hydrogen (secondary N) is 2. The first-order valence-electron chi connectivity index (χ1n) is 9.87. The highest BCUT2D eigenvalue weighted by molar-refractivity contribution is 5.50. The fraction of sp³-hybridized carbons (Fsp3) is 0.789. The second kappa shape index (κ2) is 13.6. The highest BCUT2D eigenvalue weighted by atomic mass is 19.4. The van der Waals surface area contributed by atoms with Crippen LogP contribution in [0.25, 0.3) is 0 Å². The highest BCUT2D eigenvalue weighted by Gasteiger charge is 2.36. The Hall–Kier alpha value is -1.57. The Labute approximate surface area is 161 Å². The van der Waals surface area contributed by atoms with Gasteiger partial charge in [0.1, 0.15) is 5.82 Å². The van der Waals surface area contributed by atoms with Crippen LogP contribution < -0.4 is 10.6 Å². The van der Waals surface area contributed by atoms with Gasteiger partial charge in [0.2, 0.25) is 5.95 Å². The molecule has 0 fully saturated rings. The van der Waals surface area contributed by atoms with Gasteiger partial charge in [-0.2, -0.15) is 18.2 Å². The van der Waals surface area contributed by atoms with Gasteiger partial charge >= 0.3 is 6.18 Å². The fourth-order valence-corrected chi connectivity index (χ4v) is 2.44. The second-order valence-electron chi connectivity index (χ2n) is 6.17. The van der Waals surface area contributed by atoms with Crippen molar-refractivity contribution in [2.75, 3.05) is 30.3 Å². The number of unbranched alkanes of at least 4 members (excludes halogenated alkanes) is 2. The van der Waals surface area contributed by atoms with Crippen LogP contribution in [0.5, 0.6) is 0 Å². The van der Waals surface area contributed by atoms with Gasteiger partial charge in [0, 0.05) is 25.3 Å². The first kappa shape index (κ1) is 25.4. The molecule has 1 heterocycles. The van der Waals surface area contributed by atoms with Crippen LogP contribution in [0.15, 0.2) is 0 Å². The van der Waals surface area contributed by atoms with Crippen LogP contribution in [0.4, 0.5) is 24.9 Å². The normalized spacial score (nSPS) is 12.2. The number of aliphatic hydroxyl groups is 1. The number of aromatic nitrogens is 2. The monoisotopic (exact) mass is 392 g/mol. The topological polar surface area (TPSA) is 70.1 Å². The molecule has 0 bridgehead atoms. The molecule has 8 heteroatoms. The molecule has 158 valence electrons. The largest absolute Gasteiger partial charge is 0.433 e. The summed E-state index contributed by atoms with van der Waals surface area (Å²) in [5.74, 6) is 0.308. The minimum atomic E-state index is -4.53. The molecular formula is C19H35F3N4O. The third kappa shape index (κ3) is 9.26. The Kier molecular flexibility index (Phi) is 12.8. The van der Waals surface area contributed by atoms with E-state index >= 15 is 0 Å². The van der Waals surface area contributed by atoms with Gasteiger partial charge in [0.25, 0.3) is 0 Å². The maximum Gasteiger partial charge on any atom is 0.433 e.